The standard InChI is InChI=1S/C16H22N2O3.ClH/c1-21-11-5-6-15(19)12(7-11)16(20)18-8-10-3-2-4-14(17)13(10)9-18;/h5-7,10,13-14,19H,2-4,8-9,17H2,1H3;1H. The van der Waals surface area contributed by atoms with Gasteiger partial charge in [-0.15, -0.1) is 12.4 Å². The fourth-order valence-electron chi connectivity index (χ4n) is 3.67. The summed E-state index contributed by atoms with van der Waals surface area (Å²) in [5.41, 5.74) is 6.50. The number of nitrogens with two attached hydrogens (primary N) is 1. The molecule has 1 aliphatic carbocycles. The van der Waals surface area contributed by atoms with E-state index in [2.05, 4.69) is 0 Å². The van der Waals surface area contributed by atoms with Crippen LogP contribution < -0.4 is 10.5 Å². The molecule has 0 radical (unpaired) electrons. The third kappa shape index (κ3) is 3.01. The monoisotopic (exact) mass is 326 g/mol. The molecule has 5 nitrogen and oxygen atoms in total. The third-order valence-electron chi connectivity index (χ3n) is 4.88. The number of carbonyl (C=O) groups is 1. The van der Waals surface area contributed by atoms with Crippen LogP contribution in [0.3, 0.4) is 0 Å². The minimum atomic E-state index is -0.131. The first-order valence-electron chi connectivity index (χ1n) is 7.52. The van der Waals surface area contributed by atoms with Gasteiger partial charge in [0.1, 0.15) is 11.5 Å². The number of phenolic OH excluding ortho intramolecular Hbond substituents is 1. The molecule has 6 heteroatoms. The Balaban J connectivity index is 0.00000176. The van der Waals surface area contributed by atoms with E-state index in [-0.39, 0.29) is 30.1 Å². The van der Waals surface area contributed by atoms with Crippen molar-refractivity contribution in [2.24, 2.45) is 17.6 Å². The molecule has 122 valence electrons. The van der Waals surface area contributed by atoms with Gasteiger partial charge < -0.3 is 20.5 Å². The molecular formula is C16H23ClN2O3. The Hall–Kier alpha value is -1.46. The van der Waals surface area contributed by atoms with Crippen LogP contribution in [0, 0.1) is 11.8 Å². The molecule has 1 saturated heterocycles. The van der Waals surface area contributed by atoms with E-state index in [0.717, 1.165) is 25.8 Å². The predicted molar refractivity (Wildman–Crippen MR) is 86.6 cm³/mol. The maximum Gasteiger partial charge on any atom is 0.257 e. The zero-order chi connectivity index (χ0) is 15.0. The van der Waals surface area contributed by atoms with Crippen LogP contribution >= 0.6 is 12.4 Å². The van der Waals surface area contributed by atoms with Crippen molar-refractivity contribution >= 4 is 18.3 Å². The van der Waals surface area contributed by atoms with Crippen LogP contribution in [-0.2, 0) is 0 Å². The lowest BCUT2D eigenvalue weighted by Gasteiger charge is -2.29. The molecule has 2 aliphatic rings. The van der Waals surface area contributed by atoms with Crippen LogP contribution in [0.15, 0.2) is 18.2 Å². The van der Waals surface area contributed by atoms with Crippen molar-refractivity contribution in [2.75, 3.05) is 20.2 Å². The molecule has 1 aromatic rings. The SMILES string of the molecule is COc1ccc(O)c(C(=O)N2CC3CCCC(N)C3C2)c1.Cl. The van der Waals surface area contributed by atoms with Crippen LogP contribution in [0.25, 0.3) is 0 Å². The van der Waals surface area contributed by atoms with E-state index >= 15 is 0 Å². The summed E-state index contributed by atoms with van der Waals surface area (Å²) in [6.45, 7) is 1.44. The first-order chi connectivity index (χ1) is 10.1. The van der Waals surface area contributed by atoms with Gasteiger partial charge in [-0.2, -0.15) is 0 Å². The molecule has 1 heterocycles. The second-order valence-electron chi connectivity index (χ2n) is 6.11. The van der Waals surface area contributed by atoms with Gasteiger partial charge in [0.2, 0.25) is 0 Å². The number of carbonyl (C=O) groups excluding carboxylic acids is 1. The molecule has 1 saturated carbocycles. The van der Waals surface area contributed by atoms with E-state index in [1.165, 1.54) is 6.07 Å². The van der Waals surface area contributed by atoms with Gasteiger partial charge >= 0.3 is 0 Å². The van der Waals surface area contributed by atoms with E-state index in [1.54, 1.807) is 19.2 Å². The van der Waals surface area contributed by atoms with E-state index in [1.807, 2.05) is 4.90 Å². The molecule has 1 aliphatic heterocycles. The number of fused-ring (bicyclic) bond motifs is 1. The molecule has 2 fully saturated rings. The van der Waals surface area contributed by atoms with Crippen molar-refractivity contribution in [2.45, 2.75) is 25.3 Å². The minimum absolute atomic E-state index is 0. The number of nitrogens with zero attached hydrogens (tertiary/aromatic N) is 1. The number of likely N-dealkylation sites (tertiary alicyclic amines) is 1. The Bertz CT molecular complexity index is 552. The van der Waals surface area contributed by atoms with Gasteiger partial charge in [0.15, 0.2) is 0 Å². The van der Waals surface area contributed by atoms with Gasteiger partial charge in [0.05, 0.1) is 12.7 Å². The maximum atomic E-state index is 12.7. The topological polar surface area (TPSA) is 75.8 Å². The summed E-state index contributed by atoms with van der Waals surface area (Å²) in [7, 11) is 1.55. The maximum absolute atomic E-state index is 12.7. The molecule has 3 rings (SSSR count). The summed E-state index contributed by atoms with van der Waals surface area (Å²) in [5.74, 6) is 1.35. The number of benzene rings is 1. The molecule has 22 heavy (non-hydrogen) atoms. The van der Waals surface area contributed by atoms with E-state index in [9.17, 15) is 9.90 Å². The largest absolute Gasteiger partial charge is 0.507 e. The average Bonchev–Trinajstić information content (AvgIpc) is 2.93. The fraction of sp³-hybridized carbons (Fsp3) is 0.562. The molecule has 3 unspecified atom stereocenters. The van der Waals surface area contributed by atoms with Crippen LogP contribution in [0.1, 0.15) is 29.6 Å². The summed E-state index contributed by atoms with van der Waals surface area (Å²) >= 11 is 0. The highest BCUT2D eigenvalue weighted by Crippen LogP contribution is 2.37. The van der Waals surface area contributed by atoms with Crippen molar-refractivity contribution < 1.29 is 14.6 Å². The van der Waals surface area contributed by atoms with Gasteiger partial charge in [0, 0.05) is 19.1 Å². The summed E-state index contributed by atoms with van der Waals surface area (Å²) in [5, 5.41) is 9.94. The van der Waals surface area contributed by atoms with Crippen LogP contribution in [0.2, 0.25) is 0 Å². The van der Waals surface area contributed by atoms with E-state index in [4.69, 9.17) is 10.5 Å². The van der Waals surface area contributed by atoms with Gasteiger partial charge in [-0.25, -0.2) is 0 Å². The highest BCUT2D eigenvalue weighted by molar-refractivity contribution is 5.97. The molecule has 0 aromatic heterocycles. The first-order valence-corrected chi connectivity index (χ1v) is 7.52. The number of amides is 1. The summed E-state index contributed by atoms with van der Waals surface area (Å²) in [6, 6.07) is 4.94. The number of phenols is 1. The van der Waals surface area contributed by atoms with E-state index in [0.29, 0.717) is 29.7 Å². The Kier molecular flexibility index (Phi) is 5.19. The van der Waals surface area contributed by atoms with Crippen LogP contribution in [0.5, 0.6) is 11.5 Å². The van der Waals surface area contributed by atoms with Crippen molar-refractivity contribution in [1.82, 2.24) is 4.90 Å². The third-order valence-corrected chi connectivity index (χ3v) is 4.88. The molecule has 0 spiro atoms. The van der Waals surface area contributed by atoms with Crippen molar-refractivity contribution in [3.63, 3.8) is 0 Å². The quantitative estimate of drug-likeness (QED) is 0.872. The lowest BCUT2D eigenvalue weighted by molar-refractivity contribution is 0.0780. The number of hydrogen-bond donors (Lipinski definition) is 2. The molecule has 1 amide bonds. The Labute approximate surface area is 136 Å². The molecular weight excluding hydrogens is 304 g/mol. The number of hydrogen-bond acceptors (Lipinski definition) is 4. The normalized spacial score (nSPS) is 27.0. The summed E-state index contributed by atoms with van der Waals surface area (Å²) < 4.78 is 5.13. The van der Waals surface area contributed by atoms with Crippen molar-refractivity contribution in [3.8, 4) is 11.5 Å². The first kappa shape index (κ1) is 16.9. The minimum Gasteiger partial charge on any atom is -0.507 e. The fourth-order valence-corrected chi connectivity index (χ4v) is 3.67. The van der Waals surface area contributed by atoms with E-state index < -0.39 is 0 Å². The highest BCUT2D eigenvalue weighted by atomic mass is 35.5. The number of aromatic hydroxyl groups is 1. The Morgan fingerprint density at radius 3 is 2.82 bits per heavy atom. The lowest BCUT2D eigenvalue weighted by Crippen LogP contribution is -2.38. The Morgan fingerprint density at radius 2 is 2.14 bits per heavy atom. The number of halogens is 1. The predicted octanol–water partition coefficient (Wildman–Crippen LogP) is 2.02. The number of ether oxygens (including phenoxy) is 1. The average molecular weight is 327 g/mol. The van der Waals surface area contributed by atoms with Gasteiger partial charge in [0.25, 0.3) is 5.91 Å². The van der Waals surface area contributed by atoms with Crippen LogP contribution in [0.4, 0.5) is 0 Å². The molecule has 0 bridgehead atoms. The van der Waals surface area contributed by atoms with Crippen LogP contribution in [-0.4, -0.2) is 42.2 Å². The zero-order valence-corrected chi connectivity index (χ0v) is 13.5. The second kappa shape index (κ2) is 6.75. The van der Waals surface area contributed by atoms with Crippen molar-refractivity contribution in [3.05, 3.63) is 23.8 Å². The number of rotatable bonds is 2. The molecule has 3 atom stereocenters. The smallest absolute Gasteiger partial charge is 0.257 e. The van der Waals surface area contributed by atoms with Crippen molar-refractivity contribution in [1.29, 1.82) is 0 Å². The summed E-state index contributed by atoms with van der Waals surface area (Å²) in [6.07, 6.45) is 3.34. The molecule has 3 N–H and O–H groups in total. The van der Waals surface area contributed by atoms with Gasteiger partial charge in [-0.3, -0.25) is 4.79 Å². The summed E-state index contributed by atoms with van der Waals surface area (Å²) in [4.78, 5) is 14.5. The molecule has 1 aromatic carbocycles. The zero-order valence-electron chi connectivity index (χ0n) is 12.7. The lowest BCUT2D eigenvalue weighted by atomic mass is 9.78. The van der Waals surface area contributed by atoms with Gasteiger partial charge in [-0.05, 0) is 42.9 Å². The van der Waals surface area contributed by atoms with Gasteiger partial charge in [-0.1, -0.05) is 6.42 Å². The Morgan fingerprint density at radius 1 is 1.36 bits per heavy atom. The highest BCUT2D eigenvalue weighted by Gasteiger charge is 2.40. The number of methoxy groups -OCH3 is 1. The second-order valence-corrected chi connectivity index (χ2v) is 6.11.